The molecule has 2 unspecified atom stereocenters. The van der Waals surface area contributed by atoms with E-state index in [1.54, 1.807) is 19.1 Å². The van der Waals surface area contributed by atoms with Crippen LogP contribution >= 0.6 is 0 Å². The Hall–Kier alpha value is -1.44. The molecule has 0 saturated carbocycles. The number of hydrogen-bond donors (Lipinski definition) is 3. The molecule has 1 amide bonds. The first-order chi connectivity index (χ1) is 9.81. The Balaban J connectivity index is 1.92. The number of nitrogens with one attached hydrogen (secondary N) is 3. The fraction of sp³-hybridized carbons (Fsp3) is 0.500. The summed E-state index contributed by atoms with van der Waals surface area (Å²) in [5.41, 5.74) is 0.968. The van der Waals surface area contributed by atoms with E-state index in [1.807, 2.05) is 6.92 Å². The number of sulfonamides is 1. The molecule has 2 aliphatic rings. The SMILES string of the molecule is CC1C(=O)Nc2ccc(S(=O)(=O)NC3(C)CCNC3)cc21. The van der Waals surface area contributed by atoms with Gasteiger partial charge in [0.05, 0.1) is 10.8 Å². The number of amides is 1. The minimum Gasteiger partial charge on any atom is -0.325 e. The van der Waals surface area contributed by atoms with Crippen LogP contribution in [0.4, 0.5) is 5.69 Å². The number of fused-ring (bicyclic) bond motifs is 1. The van der Waals surface area contributed by atoms with E-state index in [2.05, 4.69) is 15.4 Å². The number of rotatable bonds is 3. The van der Waals surface area contributed by atoms with Gasteiger partial charge in [0.2, 0.25) is 15.9 Å². The zero-order chi connectivity index (χ0) is 15.3. The van der Waals surface area contributed by atoms with Crippen molar-refractivity contribution < 1.29 is 13.2 Å². The topological polar surface area (TPSA) is 87.3 Å². The summed E-state index contributed by atoms with van der Waals surface area (Å²) in [6.07, 6.45) is 0.758. The van der Waals surface area contributed by atoms with Crippen molar-refractivity contribution in [2.75, 3.05) is 18.4 Å². The van der Waals surface area contributed by atoms with Gasteiger partial charge < -0.3 is 10.6 Å². The molecule has 0 aromatic heterocycles. The number of anilines is 1. The third kappa shape index (κ3) is 2.56. The summed E-state index contributed by atoms with van der Waals surface area (Å²) in [6, 6.07) is 4.78. The van der Waals surface area contributed by atoms with Crippen LogP contribution in [0.2, 0.25) is 0 Å². The predicted molar refractivity (Wildman–Crippen MR) is 79.7 cm³/mol. The van der Waals surface area contributed by atoms with Crippen molar-refractivity contribution in [1.29, 1.82) is 0 Å². The smallest absolute Gasteiger partial charge is 0.241 e. The quantitative estimate of drug-likeness (QED) is 0.770. The van der Waals surface area contributed by atoms with Gasteiger partial charge in [-0.05, 0) is 50.6 Å². The average molecular weight is 309 g/mol. The van der Waals surface area contributed by atoms with Crippen LogP contribution in [0.1, 0.15) is 31.7 Å². The number of hydrogen-bond acceptors (Lipinski definition) is 4. The summed E-state index contributed by atoms with van der Waals surface area (Å²) in [4.78, 5) is 11.8. The molecule has 1 fully saturated rings. The van der Waals surface area contributed by atoms with Crippen LogP contribution in [0.3, 0.4) is 0 Å². The summed E-state index contributed by atoms with van der Waals surface area (Å²) in [7, 11) is -3.59. The Morgan fingerprint density at radius 3 is 2.81 bits per heavy atom. The van der Waals surface area contributed by atoms with Crippen molar-refractivity contribution in [2.45, 2.75) is 36.6 Å². The van der Waals surface area contributed by atoms with Crippen LogP contribution < -0.4 is 15.4 Å². The molecule has 6 nitrogen and oxygen atoms in total. The molecule has 1 aromatic carbocycles. The molecule has 2 heterocycles. The van der Waals surface area contributed by atoms with Crippen LogP contribution in [0.15, 0.2) is 23.1 Å². The second kappa shape index (κ2) is 4.79. The predicted octanol–water partition coefficient (Wildman–Crippen LogP) is 0.772. The zero-order valence-corrected chi connectivity index (χ0v) is 12.9. The number of carbonyl (C=O) groups is 1. The molecule has 3 rings (SSSR count). The molecule has 1 saturated heterocycles. The molecule has 2 atom stereocenters. The summed E-state index contributed by atoms with van der Waals surface area (Å²) < 4.78 is 27.8. The van der Waals surface area contributed by atoms with E-state index in [1.165, 1.54) is 6.07 Å². The average Bonchev–Trinajstić information content (AvgIpc) is 2.94. The van der Waals surface area contributed by atoms with Crippen LogP contribution in [-0.4, -0.2) is 33.0 Å². The van der Waals surface area contributed by atoms with E-state index in [4.69, 9.17) is 0 Å². The van der Waals surface area contributed by atoms with E-state index in [-0.39, 0.29) is 16.7 Å². The molecule has 7 heteroatoms. The third-order valence-corrected chi connectivity index (χ3v) is 5.84. The van der Waals surface area contributed by atoms with Gasteiger partial charge in [-0.1, -0.05) is 0 Å². The first kappa shape index (κ1) is 14.5. The van der Waals surface area contributed by atoms with Crippen LogP contribution in [-0.2, 0) is 14.8 Å². The van der Waals surface area contributed by atoms with Gasteiger partial charge in [0.25, 0.3) is 0 Å². The first-order valence-corrected chi connectivity index (χ1v) is 8.49. The third-order valence-electron chi connectivity index (χ3n) is 4.20. The van der Waals surface area contributed by atoms with E-state index in [0.717, 1.165) is 18.5 Å². The van der Waals surface area contributed by atoms with Gasteiger partial charge in [0.15, 0.2) is 0 Å². The fourth-order valence-electron chi connectivity index (χ4n) is 2.85. The Morgan fingerprint density at radius 1 is 1.38 bits per heavy atom. The van der Waals surface area contributed by atoms with Crippen LogP contribution in [0, 0.1) is 0 Å². The summed E-state index contributed by atoms with van der Waals surface area (Å²) in [6.45, 7) is 5.09. The van der Waals surface area contributed by atoms with Gasteiger partial charge >= 0.3 is 0 Å². The maximum atomic E-state index is 12.5. The van der Waals surface area contributed by atoms with E-state index < -0.39 is 15.6 Å². The number of carbonyl (C=O) groups excluding carboxylic acids is 1. The van der Waals surface area contributed by atoms with E-state index in [0.29, 0.717) is 12.2 Å². The molecule has 2 aliphatic heterocycles. The van der Waals surface area contributed by atoms with Gasteiger partial charge in [-0.3, -0.25) is 4.79 Å². The fourth-order valence-corrected chi connectivity index (χ4v) is 4.32. The van der Waals surface area contributed by atoms with E-state index in [9.17, 15) is 13.2 Å². The molecule has 21 heavy (non-hydrogen) atoms. The van der Waals surface area contributed by atoms with Crippen molar-refractivity contribution in [1.82, 2.24) is 10.0 Å². The molecular weight excluding hydrogens is 290 g/mol. The highest BCUT2D eigenvalue weighted by molar-refractivity contribution is 7.89. The maximum Gasteiger partial charge on any atom is 0.241 e. The molecular formula is C14H19N3O3S. The molecule has 0 radical (unpaired) electrons. The lowest BCUT2D eigenvalue weighted by Crippen LogP contribution is -2.47. The van der Waals surface area contributed by atoms with Crippen molar-refractivity contribution >= 4 is 21.6 Å². The lowest BCUT2D eigenvalue weighted by atomic mass is 10.0. The molecule has 1 aromatic rings. The summed E-state index contributed by atoms with van der Waals surface area (Å²) >= 11 is 0. The van der Waals surface area contributed by atoms with Gasteiger partial charge in [0, 0.05) is 17.8 Å². The first-order valence-electron chi connectivity index (χ1n) is 7.00. The lowest BCUT2D eigenvalue weighted by Gasteiger charge is -2.24. The van der Waals surface area contributed by atoms with E-state index >= 15 is 0 Å². The van der Waals surface area contributed by atoms with Gasteiger partial charge in [0.1, 0.15) is 0 Å². The van der Waals surface area contributed by atoms with Crippen molar-refractivity contribution in [3.05, 3.63) is 23.8 Å². The summed E-state index contributed by atoms with van der Waals surface area (Å²) in [5, 5.41) is 5.90. The van der Waals surface area contributed by atoms with Crippen molar-refractivity contribution in [2.24, 2.45) is 0 Å². The molecule has 3 N–H and O–H groups in total. The Bertz CT molecular complexity index is 693. The Morgan fingerprint density at radius 2 is 2.14 bits per heavy atom. The van der Waals surface area contributed by atoms with Gasteiger partial charge in [-0.15, -0.1) is 0 Å². The molecule has 0 aliphatic carbocycles. The Kier molecular flexibility index (Phi) is 3.31. The van der Waals surface area contributed by atoms with Gasteiger partial charge in [-0.25, -0.2) is 13.1 Å². The van der Waals surface area contributed by atoms with Gasteiger partial charge in [-0.2, -0.15) is 0 Å². The van der Waals surface area contributed by atoms with Crippen LogP contribution in [0.5, 0.6) is 0 Å². The minimum absolute atomic E-state index is 0.0977. The Labute approximate surface area is 124 Å². The second-order valence-corrected chi connectivity index (χ2v) is 7.74. The van der Waals surface area contributed by atoms with Crippen molar-refractivity contribution in [3.63, 3.8) is 0 Å². The lowest BCUT2D eigenvalue weighted by molar-refractivity contribution is -0.116. The molecule has 114 valence electrons. The normalized spacial score (nSPS) is 28.5. The molecule has 0 bridgehead atoms. The minimum atomic E-state index is -3.59. The monoisotopic (exact) mass is 309 g/mol. The largest absolute Gasteiger partial charge is 0.325 e. The summed E-state index contributed by atoms with van der Waals surface area (Å²) in [5.74, 6) is -0.418. The number of benzene rings is 1. The molecule has 0 spiro atoms. The highest BCUT2D eigenvalue weighted by Crippen LogP contribution is 2.34. The zero-order valence-electron chi connectivity index (χ0n) is 12.1. The maximum absolute atomic E-state index is 12.5. The van der Waals surface area contributed by atoms with Crippen LogP contribution in [0.25, 0.3) is 0 Å². The van der Waals surface area contributed by atoms with Crippen molar-refractivity contribution in [3.8, 4) is 0 Å². The standard InChI is InChI=1S/C14H19N3O3S/c1-9-11-7-10(3-4-12(11)16-13(9)18)21(19,20)17-14(2)5-6-15-8-14/h3-4,7,9,15,17H,5-6,8H2,1-2H3,(H,16,18). The highest BCUT2D eigenvalue weighted by Gasteiger charge is 2.34. The second-order valence-electron chi connectivity index (χ2n) is 6.05. The highest BCUT2D eigenvalue weighted by atomic mass is 32.2.